The Balaban J connectivity index is 1.40. The van der Waals surface area contributed by atoms with Crippen molar-refractivity contribution in [1.82, 2.24) is 9.78 Å². The number of aryl methyl sites for hydroxylation is 1. The van der Waals surface area contributed by atoms with Crippen molar-refractivity contribution >= 4 is 11.7 Å². The van der Waals surface area contributed by atoms with Crippen LogP contribution < -0.4 is 14.8 Å². The van der Waals surface area contributed by atoms with E-state index in [9.17, 15) is 4.79 Å². The smallest absolute Gasteiger partial charge is 0.229 e. The number of fused-ring (bicyclic) bond motifs is 1. The van der Waals surface area contributed by atoms with Crippen LogP contribution in [0.2, 0.25) is 0 Å². The minimum Gasteiger partial charge on any atom is -0.486 e. The average Bonchev–Trinajstić information content (AvgIpc) is 3.15. The second-order valence-electron chi connectivity index (χ2n) is 6.75. The van der Waals surface area contributed by atoms with Gasteiger partial charge in [-0.1, -0.05) is 37.3 Å². The van der Waals surface area contributed by atoms with Gasteiger partial charge < -0.3 is 14.8 Å². The molecule has 3 aromatic rings. The van der Waals surface area contributed by atoms with Crippen molar-refractivity contribution in [3.63, 3.8) is 0 Å². The van der Waals surface area contributed by atoms with Gasteiger partial charge in [-0.3, -0.25) is 4.79 Å². The molecule has 2 heterocycles. The number of benzene rings is 2. The number of nitrogens with zero attached hydrogens (tertiary/aromatic N) is 2. The Morgan fingerprint density at radius 2 is 1.71 bits per heavy atom. The summed E-state index contributed by atoms with van der Waals surface area (Å²) in [6.07, 6.45) is 2.97. The zero-order valence-electron chi connectivity index (χ0n) is 15.9. The van der Waals surface area contributed by atoms with E-state index < -0.39 is 0 Å². The molecule has 0 aliphatic carbocycles. The van der Waals surface area contributed by atoms with E-state index in [1.165, 1.54) is 5.56 Å². The monoisotopic (exact) mass is 377 g/mol. The Kier molecular flexibility index (Phi) is 5.28. The third kappa shape index (κ3) is 4.17. The lowest BCUT2D eigenvalue weighted by Crippen LogP contribution is -2.19. The van der Waals surface area contributed by atoms with E-state index in [2.05, 4.69) is 41.6 Å². The molecule has 1 aliphatic rings. The molecular weight excluding hydrogens is 354 g/mol. The molecule has 0 fully saturated rings. The number of anilines is 1. The van der Waals surface area contributed by atoms with Crippen molar-refractivity contribution in [3.8, 4) is 11.5 Å². The highest BCUT2D eigenvalue weighted by Crippen LogP contribution is 2.30. The SMILES string of the molecule is CCc1ccc(Cn2nccc2NC(=O)Cc2ccc3c(c2)OCCO3)cc1. The van der Waals surface area contributed by atoms with Crippen LogP contribution in [0, 0.1) is 0 Å². The van der Waals surface area contributed by atoms with E-state index in [0.29, 0.717) is 31.3 Å². The van der Waals surface area contributed by atoms with Crippen LogP contribution in [0.4, 0.5) is 5.82 Å². The molecule has 0 saturated heterocycles. The van der Waals surface area contributed by atoms with Gasteiger partial charge in [-0.25, -0.2) is 4.68 Å². The summed E-state index contributed by atoms with van der Waals surface area (Å²) in [5, 5.41) is 7.29. The van der Waals surface area contributed by atoms with Crippen molar-refractivity contribution in [2.45, 2.75) is 26.3 Å². The molecule has 28 heavy (non-hydrogen) atoms. The zero-order chi connectivity index (χ0) is 19.3. The highest BCUT2D eigenvalue weighted by atomic mass is 16.6. The van der Waals surface area contributed by atoms with Crippen LogP contribution >= 0.6 is 0 Å². The quantitative estimate of drug-likeness (QED) is 0.715. The lowest BCUT2D eigenvalue weighted by molar-refractivity contribution is -0.115. The van der Waals surface area contributed by atoms with Crippen molar-refractivity contribution in [1.29, 1.82) is 0 Å². The van der Waals surface area contributed by atoms with Gasteiger partial charge in [0.15, 0.2) is 11.5 Å². The number of ether oxygens (including phenoxy) is 2. The van der Waals surface area contributed by atoms with Gasteiger partial charge in [-0.05, 0) is 35.2 Å². The minimum atomic E-state index is -0.0974. The predicted molar refractivity (Wildman–Crippen MR) is 107 cm³/mol. The molecule has 0 atom stereocenters. The summed E-state index contributed by atoms with van der Waals surface area (Å²) < 4.78 is 12.9. The van der Waals surface area contributed by atoms with E-state index in [1.807, 2.05) is 24.3 Å². The van der Waals surface area contributed by atoms with Gasteiger partial charge in [0.2, 0.25) is 5.91 Å². The summed E-state index contributed by atoms with van der Waals surface area (Å²) in [5.41, 5.74) is 3.32. The van der Waals surface area contributed by atoms with Crippen molar-refractivity contribution in [2.75, 3.05) is 18.5 Å². The van der Waals surface area contributed by atoms with E-state index in [0.717, 1.165) is 23.3 Å². The standard InChI is InChI=1S/C22H23N3O3/c1-2-16-3-5-17(6-4-16)15-25-21(9-10-23-25)24-22(26)14-18-7-8-19-20(13-18)28-12-11-27-19/h3-10,13H,2,11-12,14-15H2,1H3,(H,24,26). The second kappa shape index (κ2) is 8.17. The molecule has 4 rings (SSSR count). The number of rotatable bonds is 6. The number of hydrogen-bond donors (Lipinski definition) is 1. The van der Waals surface area contributed by atoms with E-state index in [1.54, 1.807) is 10.9 Å². The summed E-state index contributed by atoms with van der Waals surface area (Å²) in [5.74, 6) is 2.00. The van der Waals surface area contributed by atoms with E-state index in [-0.39, 0.29) is 12.3 Å². The molecule has 0 bridgehead atoms. The third-order valence-corrected chi connectivity index (χ3v) is 4.72. The second-order valence-corrected chi connectivity index (χ2v) is 6.75. The zero-order valence-corrected chi connectivity index (χ0v) is 15.9. The molecule has 1 N–H and O–H groups in total. The maximum absolute atomic E-state index is 12.5. The van der Waals surface area contributed by atoms with Crippen molar-refractivity contribution in [3.05, 3.63) is 71.4 Å². The van der Waals surface area contributed by atoms with Crippen molar-refractivity contribution in [2.24, 2.45) is 0 Å². The Bertz CT molecular complexity index is 963. The number of carbonyl (C=O) groups is 1. The fourth-order valence-corrected chi connectivity index (χ4v) is 3.19. The first-order chi connectivity index (χ1) is 13.7. The van der Waals surface area contributed by atoms with Gasteiger partial charge >= 0.3 is 0 Å². The normalized spacial score (nSPS) is 12.6. The van der Waals surface area contributed by atoms with Crippen LogP contribution in [0.15, 0.2) is 54.7 Å². The highest BCUT2D eigenvalue weighted by molar-refractivity contribution is 5.91. The first kappa shape index (κ1) is 18.1. The summed E-state index contributed by atoms with van der Waals surface area (Å²) in [6.45, 7) is 3.83. The fraction of sp³-hybridized carbons (Fsp3) is 0.273. The summed E-state index contributed by atoms with van der Waals surface area (Å²) >= 11 is 0. The Hall–Kier alpha value is -3.28. The first-order valence-electron chi connectivity index (χ1n) is 9.49. The molecule has 2 aromatic carbocycles. The van der Waals surface area contributed by atoms with Gasteiger partial charge in [0.1, 0.15) is 19.0 Å². The molecule has 1 amide bonds. The van der Waals surface area contributed by atoms with Crippen molar-refractivity contribution < 1.29 is 14.3 Å². The lowest BCUT2D eigenvalue weighted by atomic mass is 10.1. The van der Waals surface area contributed by atoms with Crippen LogP contribution in [0.5, 0.6) is 11.5 Å². The van der Waals surface area contributed by atoms with Crippen LogP contribution in [0.3, 0.4) is 0 Å². The number of amides is 1. The number of carbonyl (C=O) groups excluding carboxylic acids is 1. The first-order valence-corrected chi connectivity index (χ1v) is 9.49. The fourth-order valence-electron chi connectivity index (χ4n) is 3.19. The maximum atomic E-state index is 12.5. The molecular formula is C22H23N3O3. The topological polar surface area (TPSA) is 65.4 Å². The maximum Gasteiger partial charge on any atom is 0.229 e. The molecule has 6 nitrogen and oxygen atoms in total. The third-order valence-electron chi connectivity index (χ3n) is 4.72. The van der Waals surface area contributed by atoms with E-state index in [4.69, 9.17) is 9.47 Å². The summed E-state index contributed by atoms with van der Waals surface area (Å²) in [7, 11) is 0. The Labute approximate surface area is 164 Å². The summed E-state index contributed by atoms with van der Waals surface area (Å²) in [4.78, 5) is 12.5. The Morgan fingerprint density at radius 3 is 2.50 bits per heavy atom. The molecule has 0 saturated carbocycles. The number of aromatic nitrogens is 2. The number of nitrogens with one attached hydrogen (secondary N) is 1. The summed E-state index contributed by atoms with van der Waals surface area (Å²) in [6, 6.07) is 15.9. The lowest BCUT2D eigenvalue weighted by Gasteiger charge is -2.18. The van der Waals surface area contributed by atoms with Gasteiger partial charge in [0, 0.05) is 6.07 Å². The van der Waals surface area contributed by atoms with Crippen LogP contribution in [-0.2, 0) is 24.2 Å². The van der Waals surface area contributed by atoms with Gasteiger partial charge in [0.05, 0.1) is 19.2 Å². The van der Waals surface area contributed by atoms with Crippen LogP contribution in [-0.4, -0.2) is 28.9 Å². The van der Waals surface area contributed by atoms with Gasteiger partial charge in [-0.15, -0.1) is 0 Å². The average molecular weight is 377 g/mol. The largest absolute Gasteiger partial charge is 0.486 e. The van der Waals surface area contributed by atoms with Crippen LogP contribution in [0.25, 0.3) is 0 Å². The van der Waals surface area contributed by atoms with E-state index >= 15 is 0 Å². The minimum absolute atomic E-state index is 0.0974. The van der Waals surface area contributed by atoms with Gasteiger partial charge in [0.25, 0.3) is 0 Å². The molecule has 0 radical (unpaired) electrons. The van der Waals surface area contributed by atoms with Crippen LogP contribution in [0.1, 0.15) is 23.6 Å². The number of hydrogen-bond acceptors (Lipinski definition) is 4. The Morgan fingerprint density at radius 1 is 1.00 bits per heavy atom. The highest BCUT2D eigenvalue weighted by Gasteiger charge is 2.14. The molecule has 6 heteroatoms. The molecule has 0 spiro atoms. The molecule has 0 unspecified atom stereocenters. The molecule has 144 valence electrons. The molecule has 1 aliphatic heterocycles. The van der Waals surface area contributed by atoms with Gasteiger partial charge in [-0.2, -0.15) is 5.10 Å². The molecule has 1 aromatic heterocycles. The predicted octanol–water partition coefficient (Wildman–Crippen LogP) is 3.45.